The molecule has 6 nitrogen and oxygen atoms in total. The van der Waals surface area contributed by atoms with E-state index < -0.39 is 0 Å². The van der Waals surface area contributed by atoms with Gasteiger partial charge in [-0.3, -0.25) is 9.89 Å². The monoisotopic (exact) mass is 320 g/mol. The van der Waals surface area contributed by atoms with Crippen LogP contribution in [0.15, 0.2) is 35.7 Å². The second kappa shape index (κ2) is 7.84. The summed E-state index contributed by atoms with van der Waals surface area (Å²) in [5, 5.41) is 10.0. The van der Waals surface area contributed by atoms with Crippen LogP contribution in [-0.2, 0) is 4.79 Å². The number of amides is 1. The molecule has 0 fully saturated rings. The van der Waals surface area contributed by atoms with Crippen LogP contribution in [0, 0.1) is 0 Å². The zero-order valence-corrected chi connectivity index (χ0v) is 13.7. The molecule has 118 valence electrons. The standard InChI is InChI=1S/C15H20N4O2S/c1-10(2)21-13-6-4-5-12(7-13)11(3)18-14(20)8-22-15-16-9-17-19-15/h4-7,9-11H,8H2,1-3H3,(H,18,20)(H,16,17,19). The molecule has 1 aromatic heterocycles. The Hall–Kier alpha value is -2.02. The Kier molecular flexibility index (Phi) is 5.83. The number of aromatic amines is 1. The molecule has 1 aromatic carbocycles. The molecule has 0 saturated heterocycles. The molecule has 7 heteroatoms. The van der Waals surface area contributed by atoms with E-state index >= 15 is 0 Å². The van der Waals surface area contributed by atoms with Crippen molar-refractivity contribution in [3.05, 3.63) is 36.2 Å². The number of thioether (sulfide) groups is 1. The summed E-state index contributed by atoms with van der Waals surface area (Å²) in [4.78, 5) is 15.9. The van der Waals surface area contributed by atoms with Crippen LogP contribution in [0.3, 0.4) is 0 Å². The number of nitrogens with zero attached hydrogens (tertiary/aromatic N) is 2. The first-order valence-electron chi connectivity index (χ1n) is 7.08. The zero-order valence-electron chi connectivity index (χ0n) is 12.9. The number of hydrogen-bond donors (Lipinski definition) is 2. The summed E-state index contributed by atoms with van der Waals surface area (Å²) in [5.41, 5.74) is 1.01. The summed E-state index contributed by atoms with van der Waals surface area (Å²) in [5.74, 6) is 1.05. The van der Waals surface area contributed by atoms with E-state index in [2.05, 4.69) is 20.5 Å². The largest absolute Gasteiger partial charge is 0.491 e. The van der Waals surface area contributed by atoms with Gasteiger partial charge in [0.2, 0.25) is 5.91 Å². The maximum absolute atomic E-state index is 12.0. The SMILES string of the molecule is CC(C)Oc1cccc(C(C)NC(=O)CSc2ncn[nH]2)c1. The van der Waals surface area contributed by atoms with Gasteiger partial charge >= 0.3 is 0 Å². The van der Waals surface area contributed by atoms with E-state index in [0.717, 1.165) is 11.3 Å². The van der Waals surface area contributed by atoms with Crippen molar-refractivity contribution < 1.29 is 9.53 Å². The van der Waals surface area contributed by atoms with Crippen molar-refractivity contribution >= 4 is 17.7 Å². The topological polar surface area (TPSA) is 79.9 Å². The van der Waals surface area contributed by atoms with Crippen LogP contribution in [0.25, 0.3) is 0 Å². The average molecular weight is 320 g/mol. The molecule has 0 radical (unpaired) electrons. The third-order valence-corrected chi connectivity index (χ3v) is 3.72. The molecule has 0 aliphatic heterocycles. The van der Waals surface area contributed by atoms with Crippen LogP contribution < -0.4 is 10.1 Å². The smallest absolute Gasteiger partial charge is 0.230 e. The van der Waals surface area contributed by atoms with Gasteiger partial charge in [-0.1, -0.05) is 23.9 Å². The first kappa shape index (κ1) is 16.4. The highest BCUT2D eigenvalue weighted by atomic mass is 32.2. The fourth-order valence-corrected chi connectivity index (χ4v) is 2.48. The molecule has 0 aliphatic rings. The van der Waals surface area contributed by atoms with E-state index in [1.54, 1.807) is 0 Å². The molecule has 0 aliphatic carbocycles. The highest BCUT2D eigenvalue weighted by molar-refractivity contribution is 7.99. The van der Waals surface area contributed by atoms with Crippen LogP contribution >= 0.6 is 11.8 Å². The van der Waals surface area contributed by atoms with Crippen LogP contribution in [0.2, 0.25) is 0 Å². The van der Waals surface area contributed by atoms with Crippen LogP contribution in [0.4, 0.5) is 0 Å². The minimum absolute atomic E-state index is 0.0518. The first-order valence-corrected chi connectivity index (χ1v) is 8.07. The second-order valence-corrected chi connectivity index (χ2v) is 6.07. The molecule has 22 heavy (non-hydrogen) atoms. The molecule has 2 N–H and O–H groups in total. The van der Waals surface area contributed by atoms with Crippen LogP contribution in [-0.4, -0.2) is 32.9 Å². The zero-order chi connectivity index (χ0) is 15.9. The summed E-state index contributed by atoms with van der Waals surface area (Å²) < 4.78 is 5.67. The van der Waals surface area contributed by atoms with Crippen molar-refractivity contribution in [1.82, 2.24) is 20.5 Å². The minimum atomic E-state index is -0.0847. The van der Waals surface area contributed by atoms with Crippen molar-refractivity contribution in [1.29, 1.82) is 0 Å². The minimum Gasteiger partial charge on any atom is -0.491 e. The van der Waals surface area contributed by atoms with Crippen molar-refractivity contribution in [2.45, 2.75) is 38.1 Å². The Morgan fingerprint density at radius 2 is 2.23 bits per heavy atom. The van der Waals surface area contributed by atoms with E-state index in [4.69, 9.17) is 4.74 Å². The lowest BCUT2D eigenvalue weighted by molar-refractivity contribution is -0.119. The maximum atomic E-state index is 12.0. The molecule has 2 rings (SSSR count). The quantitative estimate of drug-likeness (QED) is 0.766. The number of ether oxygens (including phenoxy) is 1. The molecule has 0 bridgehead atoms. The van der Waals surface area contributed by atoms with Gasteiger partial charge in [-0.05, 0) is 38.5 Å². The number of rotatable bonds is 7. The van der Waals surface area contributed by atoms with Crippen molar-refractivity contribution in [2.75, 3.05) is 5.75 Å². The lowest BCUT2D eigenvalue weighted by Crippen LogP contribution is -2.28. The average Bonchev–Trinajstić information content (AvgIpc) is 2.98. The predicted octanol–water partition coefficient (Wildman–Crippen LogP) is 2.56. The van der Waals surface area contributed by atoms with Gasteiger partial charge in [0.05, 0.1) is 17.9 Å². The molecular weight excluding hydrogens is 300 g/mol. The number of H-pyrrole nitrogens is 1. The summed E-state index contributed by atoms with van der Waals surface area (Å²) >= 11 is 1.32. The van der Waals surface area contributed by atoms with E-state index in [0.29, 0.717) is 10.9 Å². The Bertz CT molecular complexity index is 601. The number of nitrogens with one attached hydrogen (secondary N) is 2. The first-order chi connectivity index (χ1) is 10.5. The van der Waals surface area contributed by atoms with Gasteiger partial charge in [0, 0.05) is 0 Å². The number of carbonyl (C=O) groups is 1. The number of carbonyl (C=O) groups excluding carboxylic acids is 1. The predicted molar refractivity (Wildman–Crippen MR) is 85.9 cm³/mol. The third-order valence-electron chi connectivity index (χ3n) is 2.84. The van der Waals surface area contributed by atoms with Crippen molar-refractivity contribution in [3.63, 3.8) is 0 Å². The Balaban J connectivity index is 1.88. The maximum Gasteiger partial charge on any atom is 0.230 e. The van der Waals surface area contributed by atoms with Gasteiger partial charge in [0.25, 0.3) is 0 Å². The van der Waals surface area contributed by atoms with Crippen molar-refractivity contribution in [2.24, 2.45) is 0 Å². The molecule has 0 spiro atoms. The summed E-state index contributed by atoms with van der Waals surface area (Å²) in [6.07, 6.45) is 1.54. The fourth-order valence-electron chi connectivity index (χ4n) is 1.89. The Morgan fingerprint density at radius 1 is 1.41 bits per heavy atom. The van der Waals surface area contributed by atoms with E-state index in [9.17, 15) is 4.79 Å². The van der Waals surface area contributed by atoms with E-state index in [-0.39, 0.29) is 18.1 Å². The molecular formula is C15H20N4O2S. The van der Waals surface area contributed by atoms with E-state index in [1.807, 2.05) is 45.0 Å². The van der Waals surface area contributed by atoms with Gasteiger partial charge in [-0.25, -0.2) is 4.98 Å². The van der Waals surface area contributed by atoms with Crippen molar-refractivity contribution in [3.8, 4) is 5.75 Å². The normalized spacial score (nSPS) is 12.2. The highest BCUT2D eigenvalue weighted by Crippen LogP contribution is 2.20. The van der Waals surface area contributed by atoms with Crippen LogP contribution in [0.1, 0.15) is 32.4 Å². The van der Waals surface area contributed by atoms with Gasteiger partial charge in [0.1, 0.15) is 12.1 Å². The molecule has 2 aromatic rings. The molecule has 1 amide bonds. The van der Waals surface area contributed by atoms with Crippen LogP contribution in [0.5, 0.6) is 5.75 Å². The molecule has 0 saturated carbocycles. The van der Waals surface area contributed by atoms with Gasteiger partial charge in [-0.2, -0.15) is 5.10 Å². The Labute approximate surface area is 134 Å². The summed E-state index contributed by atoms with van der Waals surface area (Å²) in [6.45, 7) is 5.92. The number of hydrogen-bond acceptors (Lipinski definition) is 5. The summed E-state index contributed by atoms with van der Waals surface area (Å²) in [6, 6.07) is 7.69. The van der Waals surface area contributed by atoms with Gasteiger partial charge < -0.3 is 10.1 Å². The highest BCUT2D eigenvalue weighted by Gasteiger charge is 2.11. The summed E-state index contributed by atoms with van der Waals surface area (Å²) in [7, 11) is 0. The Morgan fingerprint density at radius 3 is 2.91 bits per heavy atom. The van der Waals surface area contributed by atoms with E-state index in [1.165, 1.54) is 18.1 Å². The fraction of sp³-hybridized carbons (Fsp3) is 0.400. The molecule has 1 heterocycles. The molecule has 1 unspecified atom stereocenters. The van der Waals surface area contributed by atoms with Gasteiger partial charge in [-0.15, -0.1) is 0 Å². The lowest BCUT2D eigenvalue weighted by atomic mass is 10.1. The second-order valence-electron chi connectivity index (χ2n) is 5.11. The van der Waals surface area contributed by atoms with Gasteiger partial charge in [0.15, 0.2) is 5.16 Å². The lowest BCUT2D eigenvalue weighted by Gasteiger charge is -2.16. The number of benzene rings is 1. The molecule has 1 atom stereocenters. The third kappa shape index (κ3) is 5.07. The number of aromatic nitrogens is 3.